The van der Waals surface area contributed by atoms with E-state index in [0.29, 0.717) is 0 Å². The normalized spacial score (nSPS) is 11.2. The van der Waals surface area contributed by atoms with Crippen LogP contribution < -0.4 is 9.47 Å². The van der Waals surface area contributed by atoms with Crippen molar-refractivity contribution in [2.24, 2.45) is 0 Å². The molecule has 0 aliphatic carbocycles. The third-order valence-corrected chi connectivity index (χ3v) is 3.04. The number of hydrogen-bond donors (Lipinski definition) is 0. The Labute approximate surface area is 114 Å². The molecule has 0 unspecified atom stereocenters. The average molecular weight is 254 g/mol. The van der Waals surface area contributed by atoms with Crippen molar-refractivity contribution in [2.75, 3.05) is 14.2 Å². The van der Waals surface area contributed by atoms with Crippen LogP contribution in [0.3, 0.4) is 0 Å². The van der Waals surface area contributed by atoms with Gasteiger partial charge in [0.25, 0.3) is 0 Å². The second kappa shape index (κ2) is 6.10. The van der Waals surface area contributed by atoms with Gasteiger partial charge in [-0.2, -0.15) is 0 Å². The van der Waals surface area contributed by atoms with Gasteiger partial charge in [-0.05, 0) is 30.7 Å². The van der Waals surface area contributed by atoms with Gasteiger partial charge in [0, 0.05) is 11.1 Å². The van der Waals surface area contributed by atoms with Gasteiger partial charge in [0.1, 0.15) is 11.5 Å². The van der Waals surface area contributed by atoms with Gasteiger partial charge in [0.05, 0.1) is 14.2 Å². The number of para-hydroxylation sites is 2. The van der Waals surface area contributed by atoms with Crippen LogP contribution in [0, 0.1) is 0 Å². The fourth-order valence-corrected chi connectivity index (χ4v) is 2.07. The highest BCUT2D eigenvalue weighted by molar-refractivity contribution is 5.84. The number of methoxy groups -OCH3 is 2. The summed E-state index contributed by atoms with van der Waals surface area (Å²) in [6.45, 7) is 2.07. The molecule has 98 valence electrons. The predicted molar refractivity (Wildman–Crippen MR) is 79.5 cm³/mol. The van der Waals surface area contributed by atoms with Crippen LogP contribution in [0.2, 0.25) is 0 Å². The van der Waals surface area contributed by atoms with Gasteiger partial charge in [0.15, 0.2) is 0 Å². The Hall–Kier alpha value is -2.22. The second-order valence-electron chi connectivity index (χ2n) is 4.27. The van der Waals surface area contributed by atoms with E-state index >= 15 is 0 Å². The van der Waals surface area contributed by atoms with Crippen molar-refractivity contribution in [3.05, 3.63) is 59.7 Å². The molecule has 19 heavy (non-hydrogen) atoms. The monoisotopic (exact) mass is 254 g/mol. The first-order valence-corrected chi connectivity index (χ1v) is 6.21. The summed E-state index contributed by atoms with van der Waals surface area (Å²) < 4.78 is 10.8. The highest BCUT2D eigenvalue weighted by Gasteiger charge is 2.05. The molecule has 0 atom stereocenters. The molecule has 0 spiro atoms. The zero-order chi connectivity index (χ0) is 13.7. The van der Waals surface area contributed by atoms with E-state index in [-0.39, 0.29) is 0 Å². The Bertz CT molecular complexity index is 585. The zero-order valence-electron chi connectivity index (χ0n) is 11.5. The molecular formula is C17H18O2. The van der Waals surface area contributed by atoms with E-state index in [1.165, 1.54) is 0 Å². The summed E-state index contributed by atoms with van der Waals surface area (Å²) in [5.74, 6) is 1.75. The van der Waals surface area contributed by atoms with Crippen molar-refractivity contribution in [1.29, 1.82) is 0 Å². The summed E-state index contributed by atoms with van der Waals surface area (Å²) in [6, 6.07) is 16.0. The largest absolute Gasteiger partial charge is 0.496 e. The molecule has 2 aromatic rings. The van der Waals surface area contributed by atoms with Crippen LogP contribution in [-0.4, -0.2) is 14.2 Å². The molecular weight excluding hydrogens is 236 g/mol. The summed E-state index contributed by atoms with van der Waals surface area (Å²) in [4.78, 5) is 0. The SMILES string of the molecule is COc1ccccc1/C=C(\C)c1ccccc1OC. The maximum Gasteiger partial charge on any atom is 0.126 e. The molecule has 2 nitrogen and oxygen atoms in total. The third kappa shape index (κ3) is 2.97. The molecule has 0 fully saturated rings. The van der Waals surface area contributed by atoms with Crippen molar-refractivity contribution in [1.82, 2.24) is 0 Å². The first-order valence-electron chi connectivity index (χ1n) is 6.21. The third-order valence-electron chi connectivity index (χ3n) is 3.04. The van der Waals surface area contributed by atoms with Crippen molar-refractivity contribution in [3.8, 4) is 11.5 Å². The fraction of sp³-hybridized carbons (Fsp3) is 0.176. The predicted octanol–water partition coefficient (Wildman–Crippen LogP) is 4.26. The summed E-state index contributed by atoms with van der Waals surface area (Å²) in [6.07, 6.45) is 2.11. The van der Waals surface area contributed by atoms with Crippen LogP contribution in [0.4, 0.5) is 0 Å². The van der Waals surface area contributed by atoms with Gasteiger partial charge in [-0.25, -0.2) is 0 Å². The Morgan fingerprint density at radius 1 is 0.842 bits per heavy atom. The van der Waals surface area contributed by atoms with Crippen molar-refractivity contribution in [3.63, 3.8) is 0 Å². The second-order valence-corrected chi connectivity index (χ2v) is 4.27. The first kappa shape index (κ1) is 13.2. The van der Waals surface area contributed by atoms with Crippen molar-refractivity contribution >= 4 is 11.6 Å². The van der Waals surface area contributed by atoms with E-state index in [0.717, 1.165) is 28.2 Å². The molecule has 0 bridgehead atoms. The van der Waals surface area contributed by atoms with Crippen molar-refractivity contribution < 1.29 is 9.47 Å². The Kier molecular flexibility index (Phi) is 4.24. The Balaban J connectivity index is 2.43. The molecule has 2 aromatic carbocycles. The van der Waals surface area contributed by atoms with Crippen LogP contribution >= 0.6 is 0 Å². The molecule has 0 saturated heterocycles. The van der Waals surface area contributed by atoms with E-state index < -0.39 is 0 Å². The molecule has 2 heteroatoms. The molecule has 0 N–H and O–H groups in total. The molecule has 0 heterocycles. The maximum absolute atomic E-state index is 5.39. The number of allylic oxidation sites excluding steroid dienone is 1. The molecule has 0 radical (unpaired) electrons. The molecule has 0 saturated carbocycles. The van der Waals surface area contributed by atoms with E-state index in [9.17, 15) is 0 Å². The fourth-order valence-electron chi connectivity index (χ4n) is 2.07. The van der Waals surface area contributed by atoms with Gasteiger partial charge in [-0.3, -0.25) is 0 Å². The van der Waals surface area contributed by atoms with Gasteiger partial charge >= 0.3 is 0 Å². The smallest absolute Gasteiger partial charge is 0.126 e. The zero-order valence-corrected chi connectivity index (χ0v) is 11.5. The maximum atomic E-state index is 5.39. The first-order chi connectivity index (χ1) is 9.26. The van der Waals surface area contributed by atoms with Crippen LogP contribution in [0.25, 0.3) is 11.6 Å². The van der Waals surface area contributed by atoms with E-state index in [1.807, 2.05) is 42.5 Å². The lowest BCUT2D eigenvalue weighted by atomic mass is 10.0. The summed E-state index contributed by atoms with van der Waals surface area (Å²) in [5, 5.41) is 0. The number of rotatable bonds is 4. The minimum Gasteiger partial charge on any atom is -0.496 e. The lowest BCUT2D eigenvalue weighted by Crippen LogP contribution is -1.90. The topological polar surface area (TPSA) is 18.5 Å². The molecule has 0 amide bonds. The van der Waals surface area contributed by atoms with Gasteiger partial charge in [-0.15, -0.1) is 0 Å². The van der Waals surface area contributed by atoms with Crippen molar-refractivity contribution in [2.45, 2.75) is 6.92 Å². The van der Waals surface area contributed by atoms with Crippen LogP contribution in [0.5, 0.6) is 11.5 Å². The number of benzene rings is 2. The Morgan fingerprint density at radius 2 is 1.42 bits per heavy atom. The lowest BCUT2D eigenvalue weighted by Gasteiger charge is -2.10. The number of ether oxygens (including phenoxy) is 2. The molecule has 0 aliphatic rings. The highest BCUT2D eigenvalue weighted by atomic mass is 16.5. The molecule has 2 rings (SSSR count). The van der Waals surface area contributed by atoms with Gasteiger partial charge in [-0.1, -0.05) is 36.4 Å². The van der Waals surface area contributed by atoms with E-state index in [4.69, 9.17) is 9.47 Å². The summed E-state index contributed by atoms with van der Waals surface area (Å²) in [5.41, 5.74) is 3.30. The summed E-state index contributed by atoms with van der Waals surface area (Å²) in [7, 11) is 3.38. The van der Waals surface area contributed by atoms with E-state index in [1.54, 1.807) is 14.2 Å². The highest BCUT2D eigenvalue weighted by Crippen LogP contribution is 2.29. The summed E-state index contributed by atoms with van der Waals surface area (Å²) >= 11 is 0. The lowest BCUT2D eigenvalue weighted by molar-refractivity contribution is 0.413. The quantitative estimate of drug-likeness (QED) is 0.759. The molecule has 0 aromatic heterocycles. The number of hydrogen-bond acceptors (Lipinski definition) is 2. The van der Waals surface area contributed by atoms with Crippen LogP contribution in [-0.2, 0) is 0 Å². The average Bonchev–Trinajstić information content (AvgIpc) is 2.47. The van der Waals surface area contributed by atoms with Crippen LogP contribution in [0.15, 0.2) is 48.5 Å². The van der Waals surface area contributed by atoms with Crippen LogP contribution in [0.1, 0.15) is 18.1 Å². The van der Waals surface area contributed by atoms with Gasteiger partial charge < -0.3 is 9.47 Å². The Morgan fingerprint density at radius 3 is 2.11 bits per heavy atom. The molecule has 0 aliphatic heterocycles. The minimum absolute atomic E-state index is 0.872. The van der Waals surface area contributed by atoms with E-state index in [2.05, 4.69) is 19.1 Å². The van der Waals surface area contributed by atoms with Gasteiger partial charge in [0.2, 0.25) is 0 Å². The standard InChI is InChI=1S/C17H18O2/c1-13(15-9-5-7-11-17(15)19-3)12-14-8-4-6-10-16(14)18-2/h4-12H,1-3H3/b13-12+. The minimum atomic E-state index is 0.872.